The van der Waals surface area contributed by atoms with Crippen molar-refractivity contribution in [2.75, 3.05) is 20.3 Å². The van der Waals surface area contributed by atoms with Crippen molar-refractivity contribution >= 4 is 81.7 Å². The highest BCUT2D eigenvalue weighted by Gasteiger charge is 2.67. The third-order valence-electron chi connectivity index (χ3n) is 4.74. The molecule has 3 rings (SSSR count). The molecule has 0 bridgehead atoms. The second kappa shape index (κ2) is 10.4. The van der Waals surface area contributed by atoms with Crippen molar-refractivity contribution in [1.82, 2.24) is 10.2 Å². The lowest BCUT2D eigenvalue weighted by atomic mass is 9.94. The Morgan fingerprint density at radius 3 is 2.58 bits per heavy atom. The zero-order valence-electron chi connectivity index (χ0n) is 17.3. The number of rotatable bonds is 8. The number of methoxy groups -OCH3 is 1. The predicted octanol–water partition coefficient (Wildman–Crippen LogP) is 2.39. The lowest BCUT2D eigenvalue weighted by Gasteiger charge is -2.57. The number of thiophene rings is 1. The van der Waals surface area contributed by atoms with Gasteiger partial charge in [-0.1, -0.05) is 40.9 Å². The molecule has 1 aromatic rings. The summed E-state index contributed by atoms with van der Waals surface area (Å²) in [6.45, 7) is 0.404. The van der Waals surface area contributed by atoms with Gasteiger partial charge in [-0.15, -0.1) is 23.1 Å². The van der Waals surface area contributed by atoms with Crippen molar-refractivity contribution in [3.05, 3.63) is 33.4 Å². The zero-order valence-corrected chi connectivity index (χ0v) is 21.2. The van der Waals surface area contributed by atoms with E-state index >= 15 is 0 Å². The van der Waals surface area contributed by atoms with Crippen molar-refractivity contribution in [3.8, 4) is 0 Å². The summed E-state index contributed by atoms with van der Waals surface area (Å²) in [7, 11) is 1.29. The van der Waals surface area contributed by atoms with Gasteiger partial charge in [-0.3, -0.25) is 14.4 Å². The van der Waals surface area contributed by atoms with E-state index in [1.165, 1.54) is 30.3 Å². The highest BCUT2D eigenvalue weighted by Crippen LogP contribution is 2.46. The number of fused-ring (bicyclic) bond motifs is 1. The molecule has 0 radical (unpaired) electrons. The van der Waals surface area contributed by atoms with Crippen LogP contribution in [-0.2, 0) is 39.8 Å². The lowest BCUT2D eigenvalue weighted by molar-refractivity contribution is -0.202. The quantitative estimate of drug-likeness (QED) is 0.225. The third kappa shape index (κ3) is 5.77. The molecule has 2 unspecified atom stereocenters. The molecular formula is C19H19Cl3N2O7S2. The molecule has 0 saturated carbocycles. The predicted molar refractivity (Wildman–Crippen MR) is 124 cm³/mol. The summed E-state index contributed by atoms with van der Waals surface area (Å²) in [5.41, 5.74) is -1.39. The fourth-order valence-corrected chi connectivity index (χ4v) is 5.48. The molecule has 9 nitrogen and oxygen atoms in total. The summed E-state index contributed by atoms with van der Waals surface area (Å²) in [6, 6.07) is 2.36. The maximum absolute atomic E-state index is 13.2. The molecule has 1 fully saturated rings. The van der Waals surface area contributed by atoms with Crippen molar-refractivity contribution in [3.63, 3.8) is 0 Å². The molecule has 2 aliphatic heterocycles. The SMILES string of the molecule is COC1(NC(=O)Cc2cccs2)C(=O)N2C(C(=O)OCC(Cl)(Cl)Cl)C(COC(C)=O)=CS[C@H]21. The molecule has 2 amide bonds. The number of hydrogen-bond donors (Lipinski definition) is 1. The van der Waals surface area contributed by atoms with E-state index in [0.29, 0.717) is 5.57 Å². The van der Waals surface area contributed by atoms with E-state index in [2.05, 4.69) is 5.32 Å². The summed E-state index contributed by atoms with van der Waals surface area (Å²) in [6.07, 6.45) is 0.0652. The van der Waals surface area contributed by atoms with Gasteiger partial charge < -0.3 is 24.4 Å². The topological polar surface area (TPSA) is 111 Å². The Kier molecular flexibility index (Phi) is 8.24. The Morgan fingerprint density at radius 1 is 1.27 bits per heavy atom. The number of halogens is 3. The van der Waals surface area contributed by atoms with Gasteiger partial charge in [0, 0.05) is 24.5 Å². The first-order chi connectivity index (χ1) is 15.5. The molecular weight excluding hydrogens is 539 g/mol. The maximum atomic E-state index is 13.2. The van der Waals surface area contributed by atoms with E-state index in [4.69, 9.17) is 49.0 Å². The first-order valence-electron chi connectivity index (χ1n) is 9.41. The number of esters is 2. The molecule has 1 aromatic heterocycles. The molecule has 33 heavy (non-hydrogen) atoms. The van der Waals surface area contributed by atoms with Crippen molar-refractivity contribution in [2.24, 2.45) is 0 Å². The molecule has 0 aromatic carbocycles. The highest BCUT2D eigenvalue weighted by molar-refractivity contribution is 8.03. The summed E-state index contributed by atoms with van der Waals surface area (Å²) in [5, 5.41) is 5.27. The Hall–Kier alpha value is -1.50. The van der Waals surface area contributed by atoms with Gasteiger partial charge in [-0.2, -0.15) is 0 Å². The fraction of sp³-hybridized carbons (Fsp3) is 0.474. The number of carbonyl (C=O) groups excluding carboxylic acids is 4. The monoisotopic (exact) mass is 556 g/mol. The maximum Gasteiger partial charge on any atom is 0.333 e. The Labute approximate surface area is 212 Å². The number of carbonyl (C=O) groups is 4. The Balaban J connectivity index is 1.82. The Morgan fingerprint density at radius 2 is 2.00 bits per heavy atom. The van der Waals surface area contributed by atoms with Crippen LogP contribution in [0.2, 0.25) is 0 Å². The van der Waals surface area contributed by atoms with E-state index < -0.39 is 51.3 Å². The number of thioether (sulfide) groups is 1. The van der Waals surface area contributed by atoms with Gasteiger partial charge in [0.25, 0.3) is 11.6 Å². The normalized spacial score (nSPS) is 24.3. The first kappa shape index (κ1) is 26.1. The van der Waals surface area contributed by atoms with Crippen LogP contribution in [-0.4, -0.2) is 69.9 Å². The molecule has 0 aliphatic carbocycles. The van der Waals surface area contributed by atoms with Crippen LogP contribution in [0.15, 0.2) is 28.5 Å². The number of alkyl halides is 3. The zero-order chi connectivity index (χ0) is 24.4. The molecule has 0 spiro atoms. The van der Waals surface area contributed by atoms with Crippen LogP contribution in [0.25, 0.3) is 0 Å². The van der Waals surface area contributed by atoms with Crippen molar-refractivity contribution < 1.29 is 33.4 Å². The van der Waals surface area contributed by atoms with E-state index in [1.54, 1.807) is 11.5 Å². The van der Waals surface area contributed by atoms with Gasteiger partial charge in [-0.05, 0) is 16.9 Å². The van der Waals surface area contributed by atoms with Gasteiger partial charge >= 0.3 is 11.9 Å². The summed E-state index contributed by atoms with van der Waals surface area (Å²) >= 11 is 19.5. The van der Waals surface area contributed by atoms with Crippen LogP contribution in [0.4, 0.5) is 0 Å². The molecule has 3 heterocycles. The minimum Gasteiger partial charge on any atom is -0.461 e. The smallest absolute Gasteiger partial charge is 0.333 e. The first-order valence-corrected chi connectivity index (χ1v) is 12.4. The minimum atomic E-state index is -1.86. The van der Waals surface area contributed by atoms with E-state index in [1.807, 2.05) is 11.4 Å². The van der Waals surface area contributed by atoms with E-state index in [0.717, 1.165) is 16.6 Å². The summed E-state index contributed by atoms with van der Waals surface area (Å²) < 4.78 is 13.7. The number of amides is 2. The van der Waals surface area contributed by atoms with Crippen LogP contribution >= 0.6 is 57.9 Å². The van der Waals surface area contributed by atoms with Crippen LogP contribution in [0.3, 0.4) is 0 Å². The van der Waals surface area contributed by atoms with Crippen LogP contribution < -0.4 is 5.32 Å². The average Bonchev–Trinajstić information content (AvgIpc) is 3.25. The number of β-lactam (4-membered cyclic amide) rings is 1. The van der Waals surface area contributed by atoms with Gasteiger partial charge in [0.1, 0.15) is 18.6 Å². The van der Waals surface area contributed by atoms with Crippen LogP contribution in [0, 0.1) is 0 Å². The second-order valence-electron chi connectivity index (χ2n) is 7.04. The van der Waals surface area contributed by atoms with Gasteiger partial charge in [0.15, 0.2) is 6.04 Å². The number of ether oxygens (including phenoxy) is 3. The standard InChI is InChI=1S/C19H19Cl3N2O7S2/c1-10(25)30-7-11-8-33-17-19(29-2,23-13(26)6-12-4-3-5-32-12)16(28)24(17)14(11)15(27)31-9-18(20,21)22/h3-5,8,14,17H,6-7,9H2,1-2H3,(H,23,26)/t14?,17-,19?/m0/s1. The van der Waals surface area contributed by atoms with Crippen molar-refractivity contribution in [2.45, 2.75) is 34.3 Å². The third-order valence-corrected chi connectivity index (χ3v) is 7.20. The number of nitrogens with one attached hydrogen (secondary N) is 1. The molecule has 14 heteroatoms. The van der Waals surface area contributed by atoms with E-state index in [-0.39, 0.29) is 13.0 Å². The fourth-order valence-electron chi connectivity index (χ4n) is 3.31. The molecule has 1 N–H and O–H groups in total. The van der Waals surface area contributed by atoms with Gasteiger partial charge in [0.05, 0.1) is 6.42 Å². The summed E-state index contributed by atoms with van der Waals surface area (Å²) in [4.78, 5) is 52.0. The average molecular weight is 558 g/mol. The van der Waals surface area contributed by atoms with Crippen LogP contribution in [0.5, 0.6) is 0 Å². The molecule has 1 saturated heterocycles. The van der Waals surface area contributed by atoms with Gasteiger partial charge in [0.2, 0.25) is 9.70 Å². The van der Waals surface area contributed by atoms with Crippen molar-refractivity contribution in [1.29, 1.82) is 0 Å². The second-order valence-corrected chi connectivity index (χ2v) is 11.5. The van der Waals surface area contributed by atoms with Gasteiger partial charge in [-0.25, -0.2) is 4.79 Å². The van der Waals surface area contributed by atoms with Crippen LogP contribution in [0.1, 0.15) is 11.8 Å². The number of nitrogens with zero attached hydrogens (tertiary/aromatic N) is 1. The summed E-state index contributed by atoms with van der Waals surface area (Å²) in [5.74, 6) is -2.53. The largest absolute Gasteiger partial charge is 0.461 e. The molecule has 180 valence electrons. The molecule has 3 atom stereocenters. The molecule has 2 aliphatic rings. The lowest BCUT2D eigenvalue weighted by Crippen LogP contribution is -2.83. The number of hydrogen-bond acceptors (Lipinski definition) is 9. The van der Waals surface area contributed by atoms with E-state index in [9.17, 15) is 19.2 Å². The minimum absolute atomic E-state index is 0.0652. The highest BCUT2D eigenvalue weighted by atomic mass is 35.6. The Bertz CT molecular complexity index is 967.